The van der Waals surface area contributed by atoms with Crippen molar-refractivity contribution in [2.75, 3.05) is 11.5 Å². The van der Waals surface area contributed by atoms with E-state index in [9.17, 15) is 9.18 Å². The molecule has 0 atom stereocenters. The lowest BCUT2D eigenvalue weighted by Gasteiger charge is -2.05. The van der Waals surface area contributed by atoms with Gasteiger partial charge in [0, 0.05) is 16.6 Å². The summed E-state index contributed by atoms with van der Waals surface area (Å²) in [6.07, 6.45) is 2.14. The highest BCUT2D eigenvalue weighted by Crippen LogP contribution is 2.26. The summed E-state index contributed by atoms with van der Waals surface area (Å²) in [6, 6.07) is 4.53. The summed E-state index contributed by atoms with van der Waals surface area (Å²) < 4.78 is 12.9. The lowest BCUT2D eigenvalue weighted by Crippen LogP contribution is -2.27. The Morgan fingerprint density at radius 3 is 3.00 bits per heavy atom. The van der Waals surface area contributed by atoms with Gasteiger partial charge in [0.1, 0.15) is 5.82 Å². The number of rotatable bonds is 4. The normalized spacial score (nSPS) is 14.8. The Balaban J connectivity index is 1.87. The van der Waals surface area contributed by atoms with E-state index in [2.05, 4.69) is 5.32 Å². The van der Waals surface area contributed by atoms with Gasteiger partial charge in [0.2, 0.25) is 5.91 Å². The van der Waals surface area contributed by atoms with Gasteiger partial charge in [-0.3, -0.25) is 4.79 Å². The summed E-state index contributed by atoms with van der Waals surface area (Å²) in [5.74, 6) is -0.0695. The average molecular weight is 240 g/mol. The van der Waals surface area contributed by atoms with Crippen LogP contribution in [0.1, 0.15) is 12.8 Å². The molecule has 1 saturated carbocycles. The predicted molar refractivity (Wildman–Crippen MR) is 62.7 cm³/mol. The minimum atomic E-state index is -0.334. The highest BCUT2D eigenvalue weighted by atomic mass is 32.2. The molecule has 0 bridgehead atoms. The second-order valence-electron chi connectivity index (χ2n) is 3.81. The van der Waals surface area contributed by atoms with Crippen molar-refractivity contribution in [2.45, 2.75) is 23.8 Å². The summed E-state index contributed by atoms with van der Waals surface area (Å²) in [5.41, 5.74) is 6.18. The summed E-state index contributed by atoms with van der Waals surface area (Å²) in [7, 11) is 0. The molecule has 0 saturated heterocycles. The smallest absolute Gasteiger partial charge is 0.230 e. The Hall–Kier alpha value is -1.23. The van der Waals surface area contributed by atoms with E-state index in [1.165, 1.54) is 30.0 Å². The molecular weight excluding hydrogens is 227 g/mol. The van der Waals surface area contributed by atoms with E-state index in [1.54, 1.807) is 0 Å². The van der Waals surface area contributed by atoms with E-state index in [4.69, 9.17) is 5.73 Å². The maximum atomic E-state index is 12.9. The van der Waals surface area contributed by atoms with Crippen LogP contribution in [0.2, 0.25) is 0 Å². The third kappa shape index (κ3) is 3.13. The first-order chi connectivity index (χ1) is 7.65. The molecule has 1 aliphatic carbocycles. The third-order valence-electron chi connectivity index (χ3n) is 2.28. The van der Waals surface area contributed by atoms with Gasteiger partial charge in [-0.15, -0.1) is 11.8 Å². The first kappa shape index (κ1) is 11.3. The van der Waals surface area contributed by atoms with E-state index in [0.29, 0.717) is 16.6 Å². The maximum Gasteiger partial charge on any atom is 0.230 e. The molecule has 1 aromatic carbocycles. The first-order valence-corrected chi connectivity index (χ1v) is 6.11. The maximum absolute atomic E-state index is 12.9. The van der Waals surface area contributed by atoms with Crippen LogP contribution in [0.3, 0.4) is 0 Å². The van der Waals surface area contributed by atoms with Gasteiger partial charge in [0.15, 0.2) is 0 Å². The van der Waals surface area contributed by atoms with Crippen molar-refractivity contribution in [1.29, 1.82) is 0 Å². The van der Waals surface area contributed by atoms with E-state index in [-0.39, 0.29) is 17.5 Å². The quantitative estimate of drug-likeness (QED) is 0.623. The van der Waals surface area contributed by atoms with Crippen LogP contribution in [-0.2, 0) is 4.79 Å². The zero-order valence-corrected chi connectivity index (χ0v) is 9.52. The molecule has 1 aliphatic rings. The zero-order chi connectivity index (χ0) is 11.5. The van der Waals surface area contributed by atoms with Crippen LogP contribution >= 0.6 is 11.8 Å². The van der Waals surface area contributed by atoms with Crippen LogP contribution in [-0.4, -0.2) is 17.7 Å². The number of benzene rings is 1. The van der Waals surface area contributed by atoms with Crippen molar-refractivity contribution in [3.8, 4) is 0 Å². The molecule has 0 heterocycles. The summed E-state index contributed by atoms with van der Waals surface area (Å²) in [4.78, 5) is 12.0. The Kier molecular flexibility index (Phi) is 3.33. The number of hydrogen-bond donors (Lipinski definition) is 2. The molecule has 3 N–H and O–H groups in total. The van der Waals surface area contributed by atoms with Gasteiger partial charge in [-0.25, -0.2) is 4.39 Å². The molecular formula is C11H13FN2OS. The lowest BCUT2D eigenvalue weighted by molar-refractivity contribution is -0.118. The van der Waals surface area contributed by atoms with Crippen LogP contribution in [0.4, 0.5) is 10.1 Å². The Bertz CT molecular complexity index is 407. The van der Waals surface area contributed by atoms with Crippen LogP contribution < -0.4 is 11.1 Å². The number of nitrogens with one attached hydrogen (secondary N) is 1. The van der Waals surface area contributed by atoms with Crippen LogP contribution in [0.25, 0.3) is 0 Å². The van der Waals surface area contributed by atoms with Crippen molar-refractivity contribution in [3.63, 3.8) is 0 Å². The van der Waals surface area contributed by atoms with E-state index in [1.807, 2.05) is 0 Å². The molecule has 0 radical (unpaired) electrons. The number of nitrogen functional groups attached to an aromatic ring is 1. The molecule has 0 aliphatic heterocycles. The van der Waals surface area contributed by atoms with Gasteiger partial charge >= 0.3 is 0 Å². The van der Waals surface area contributed by atoms with Gasteiger partial charge in [0.25, 0.3) is 0 Å². The molecule has 0 aromatic heterocycles. The van der Waals surface area contributed by atoms with Gasteiger partial charge in [-0.05, 0) is 31.0 Å². The molecule has 16 heavy (non-hydrogen) atoms. The van der Waals surface area contributed by atoms with Gasteiger partial charge < -0.3 is 11.1 Å². The number of amides is 1. The highest BCUT2D eigenvalue weighted by Gasteiger charge is 2.23. The molecule has 5 heteroatoms. The van der Waals surface area contributed by atoms with Crippen molar-refractivity contribution in [3.05, 3.63) is 24.0 Å². The molecule has 1 aromatic rings. The lowest BCUT2D eigenvalue weighted by atomic mass is 10.3. The largest absolute Gasteiger partial charge is 0.398 e. The number of anilines is 1. The van der Waals surface area contributed by atoms with Gasteiger partial charge in [0.05, 0.1) is 5.75 Å². The van der Waals surface area contributed by atoms with Gasteiger partial charge in [-0.1, -0.05) is 0 Å². The Morgan fingerprint density at radius 1 is 1.56 bits per heavy atom. The molecule has 2 rings (SSSR count). The number of thioether (sulfide) groups is 1. The van der Waals surface area contributed by atoms with Crippen LogP contribution in [0.15, 0.2) is 23.1 Å². The number of nitrogens with two attached hydrogens (primary N) is 1. The monoisotopic (exact) mass is 240 g/mol. The first-order valence-electron chi connectivity index (χ1n) is 5.12. The minimum Gasteiger partial charge on any atom is -0.398 e. The highest BCUT2D eigenvalue weighted by molar-refractivity contribution is 8.00. The van der Waals surface area contributed by atoms with E-state index < -0.39 is 0 Å². The molecule has 3 nitrogen and oxygen atoms in total. The Labute approximate surface area is 97.6 Å². The van der Waals surface area contributed by atoms with Crippen molar-refractivity contribution < 1.29 is 9.18 Å². The number of carbonyl (C=O) groups is 1. The van der Waals surface area contributed by atoms with Crippen molar-refractivity contribution in [2.24, 2.45) is 0 Å². The second-order valence-corrected chi connectivity index (χ2v) is 4.83. The van der Waals surface area contributed by atoms with Crippen LogP contribution in [0.5, 0.6) is 0 Å². The fourth-order valence-electron chi connectivity index (χ4n) is 1.27. The fourth-order valence-corrected chi connectivity index (χ4v) is 2.07. The molecule has 1 fully saturated rings. The molecule has 1 amide bonds. The fraction of sp³-hybridized carbons (Fsp3) is 0.364. The average Bonchev–Trinajstić information content (AvgIpc) is 3.03. The van der Waals surface area contributed by atoms with Crippen molar-refractivity contribution >= 4 is 23.4 Å². The summed E-state index contributed by atoms with van der Waals surface area (Å²) >= 11 is 1.26. The van der Waals surface area contributed by atoms with Crippen LogP contribution in [0, 0.1) is 5.82 Å². The topological polar surface area (TPSA) is 55.1 Å². The summed E-state index contributed by atoms with van der Waals surface area (Å²) in [6.45, 7) is 0. The zero-order valence-electron chi connectivity index (χ0n) is 8.70. The second kappa shape index (κ2) is 4.74. The SMILES string of the molecule is Nc1ccc(F)cc1SCC(=O)NC1CC1. The van der Waals surface area contributed by atoms with Crippen molar-refractivity contribution in [1.82, 2.24) is 5.32 Å². The number of hydrogen-bond acceptors (Lipinski definition) is 3. The Morgan fingerprint density at radius 2 is 2.31 bits per heavy atom. The number of carbonyl (C=O) groups excluding carboxylic acids is 1. The van der Waals surface area contributed by atoms with E-state index >= 15 is 0 Å². The molecule has 86 valence electrons. The molecule has 0 spiro atoms. The standard InChI is InChI=1S/C11H13FN2OS/c12-7-1-4-9(13)10(5-7)16-6-11(15)14-8-2-3-8/h1,4-5,8H,2-3,6,13H2,(H,14,15). The minimum absolute atomic E-state index is 0.0174. The van der Waals surface area contributed by atoms with Gasteiger partial charge in [-0.2, -0.15) is 0 Å². The number of halogens is 1. The third-order valence-corrected chi connectivity index (χ3v) is 3.35. The predicted octanol–water partition coefficient (Wildman–Crippen LogP) is 1.78. The molecule has 0 unspecified atom stereocenters. The summed E-state index contributed by atoms with van der Waals surface area (Å²) in [5, 5.41) is 2.86. The van der Waals surface area contributed by atoms with E-state index in [0.717, 1.165) is 12.8 Å².